The number of halogens is 1. The van der Waals surface area contributed by atoms with E-state index >= 15 is 0 Å². The lowest BCUT2D eigenvalue weighted by Crippen LogP contribution is -2.22. The first-order chi connectivity index (χ1) is 19.5. The van der Waals surface area contributed by atoms with Gasteiger partial charge < -0.3 is 4.55 Å². The van der Waals surface area contributed by atoms with Crippen LogP contribution < -0.4 is 10.3 Å². The van der Waals surface area contributed by atoms with Crippen molar-refractivity contribution in [2.75, 3.05) is 0 Å². The number of aromatic nitrogens is 6. The third-order valence-corrected chi connectivity index (χ3v) is 6.87. The Morgan fingerprint density at radius 1 is 0.925 bits per heavy atom. The first-order valence-corrected chi connectivity index (χ1v) is 13.5. The summed E-state index contributed by atoms with van der Waals surface area (Å²) in [5, 5.41) is 5.33. The predicted molar refractivity (Wildman–Crippen MR) is 152 cm³/mol. The van der Waals surface area contributed by atoms with Gasteiger partial charge in [0.15, 0.2) is 5.65 Å². The number of fused-ring (bicyclic) bond motifs is 1. The van der Waals surface area contributed by atoms with Gasteiger partial charge in [0.05, 0.1) is 29.5 Å². The molecule has 1 atom stereocenters. The normalized spacial score (nSPS) is 12.1. The molecule has 0 amide bonds. The summed E-state index contributed by atoms with van der Waals surface area (Å²) in [4.78, 5) is 27.3. The lowest BCUT2D eigenvalue weighted by molar-refractivity contribution is 0.522. The van der Waals surface area contributed by atoms with Crippen LogP contribution in [0.5, 0.6) is 0 Å². The molecule has 3 aromatic heterocycles. The van der Waals surface area contributed by atoms with Crippen LogP contribution >= 0.6 is 11.6 Å². The molecule has 1 N–H and O–H groups in total. The summed E-state index contributed by atoms with van der Waals surface area (Å²) in [6.45, 7) is 0.114. The molecule has 0 bridgehead atoms. The van der Waals surface area contributed by atoms with Crippen molar-refractivity contribution in [1.82, 2.24) is 34.0 Å². The van der Waals surface area contributed by atoms with Gasteiger partial charge >= 0.3 is 0 Å². The largest absolute Gasteiger partial charge is 0.760 e. The summed E-state index contributed by atoms with van der Waals surface area (Å²) in [6, 6.07) is 21.7. The molecule has 0 saturated carbocycles. The Morgan fingerprint density at radius 3 is 2.42 bits per heavy atom. The van der Waals surface area contributed by atoms with Crippen LogP contribution in [-0.4, -0.2) is 38.1 Å². The van der Waals surface area contributed by atoms with E-state index in [9.17, 15) is 13.6 Å². The Hall–Kier alpha value is -4.55. The molecule has 0 radical (unpaired) electrons. The summed E-state index contributed by atoms with van der Waals surface area (Å²) >= 11 is 3.73. The predicted octanol–water partition coefficient (Wildman–Crippen LogP) is 4.23. The number of benzene rings is 3. The monoisotopic (exact) mass is 568 g/mol. The molecule has 3 heterocycles. The summed E-state index contributed by atoms with van der Waals surface area (Å²) in [6.07, 6.45) is 6.40. The molecule has 10 nitrogen and oxygen atoms in total. The minimum absolute atomic E-state index is 0.114. The molecular formula is C28H19ClN7O3S-. The van der Waals surface area contributed by atoms with E-state index in [-0.39, 0.29) is 12.1 Å². The number of nitrogens with zero attached hydrogens (tertiary/aromatic N) is 6. The van der Waals surface area contributed by atoms with Crippen LogP contribution in [0.1, 0.15) is 5.56 Å². The first kappa shape index (κ1) is 25.7. The van der Waals surface area contributed by atoms with Crippen molar-refractivity contribution in [3.63, 3.8) is 0 Å². The van der Waals surface area contributed by atoms with Crippen LogP contribution in [0.3, 0.4) is 0 Å². The highest BCUT2D eigenvalue weighted by Gasteiger charge is 2.19. The Labute approximate surface area is 235 Å². The van der Waals surface area contributed by atoms with Crippen LogP contribution in [0.15, 0.2) is 102 Å². The Kier molecular flexibility index (Phi) is 7.01. The van der Waals surface area contributed by atoms with E-state index in [4.69, 9.17) is 16.6 Å². The minimum atomic E-state index is -2.39. The summed E-state index contributed by atoms with van der Waals surface area (Å²) in [5.41, 5.74) is 4.31. The van der Waals surface area contributed by atoms with Crippen molar-refractivity contribution in [1.29, 1.82) is 0 Å². The SMILES string of the molecule is O=c1c2cnn(-c3cccc(CNS(=O)[O-])c3)c2nc(-c2ccc(-c3cnccn3)cc2)n1-c1ccc(Cl)cc1. The van der Waals surface area contributed by atoms with Crippen LogP contribution in [0.2, 0.25) is 5.02 Å². The van der Waals surface area contributed by atoms with Crippen LogP contribution in [-0.2, 0) is 17.8 Å². The van der Waals surface area contributed by atoms with E-state index < -0.39 is 11.3 Å². The maximum absolute atomic E-state index is 13.9. The third-order valence-electron chi connectivity index (χ3n) is 6.24. The lowest BCUT2D eigenvalue weighted by atomic mass is 10.1. The second kappa shape index (κ2) is 10.9. The number of hydrogen-bond acceptors (Lipinski definition) is 7. The topological polar surface area (TPSA) is 131 Å². The molecule has 0 spiro atoms. The fourth-order valence-electron chi connectivity index (χ4n) is 4.36. The average molecular weight is 569 g/mol. The summed E-state index contributed by atoms with van der Waals surface area (Å²) in [5.74, 6) is 0.409. The molecule has 0 aliphatic rings. The second-order valence-electron chi connectivity index (χ2n) is 8.74. The molecule has 0 aliphatic heterocycles. The van der Waals surface area contributed by atoms with E-state index in [1.807, 2.05) is 30.3 Å². The van der Waals surface area contributed by atoms with Crippen molar-refractivity contribution >= 4 is 33.9 Å². The third kappa shape index (κ3) is 5.06. The zero-order valence-electron chi connectivity index (χ0n) is 20.6. The highest BCUT2D eigenvalue weighted by atomic mass is 35.5. The van der Waals surface area contributed by atoms with Gasteiger partial charge in [-0.2, -0.15) is 5.10 Å². The molecule has 12 heteroatoms. The highest BCUT2D eigenvalue weighted by molar-refractivity contribution is 7.77. The first-order valence-electron chi connectivity index (χ1n) is 12.0. The molecule has 198 valence electrons. The Balaban J connectivity index is 1.53. The van der Waals surface area contributed by atoms with Gasteiger partial charge in [0.2, 0.25) is 0 Å². The molecule has 0 aliphatic carbocycles. The zero-order valence-corrected chi connectivity index (χ0v) is 22.2. The van der Waals surface area contributed by atoms with Gasteiger partial charge in [-0.25, -0.2) is 14.4 Å². The van der Waals surface area contributed by atoms with Crippen LogP contribution in [0.25, 0.3) is 45.1 Å². The molecule has 1 unspecified atom stereocenters. The smallest absolute Gasteiger partial charge is 0.269 e. The van der Waals surface area contributed by atoms with Gasteiger partial charge in [-0.05, 0) is 42.0 Å². The number of hydrogen-bond donors (Lipinski definition) is 1. The fourth-order valence-corrected chi connectivity index (χ4v) is 4.77. The van der Waals surface area contributed by atoms with Crippen LogP contribution in [0.4, 0.5) is 0 Å². The molecular weight excluding hydrogens is 550 g/mol. The maximum atomic E-state index is 13.9. The second-order valence-corrected chi connectivity index (χ2v) is 9.93. The van der Waals surface area contributed by atoms with Crippen molar-refractivity contribution in [2.45, 2.75) is 6.54 Å². The number of rotatable bonds is 7. The molecule has 40 heavy (non-hydrogen) atoms. The number of nitrogens with one attached hydrogen (secondary N) is 1. The van der Waals surface area contributed by atoms with Gasteiger partial charge in [0.1, 0.15) is 11.2 Å². The zero-order chi connectivity index (χ0) is 27.6. The van der Waals surface area contributed by atoms with Gasteiger partial charge in [-0.1, -0.05) is 48.0 Å². The fraction of sp³-hybridized carbons (Fsp3) is 0.0357. The molecule has 0 saturated heterocycles. The maximum Gasteiger partial charge on any atom is 0.269 e. The van der Waals surface area contributed by atoms with E-state index in [1.165, 1.54) is 10.8 Å². The van der Waals surface area contributed by atoms with Gasteiger partial charge in [-0.3, -0.25) is 23.5 Å². The van der Waals surface area contributed by atoms with Crippen molar-refractivity contribution in [3.05, 3.63) is 119 Å². The minimum Gasteiger partial charge on any atom is -0.760 e. The van der Waals surface area contributed by atoms with E-state index in [2.05, 4.69) is 19.8 Å². The standard InChI is InChI=1S/C28H20ClN7O3S/c29-21-8-10-22(11-9-21)35-26(20-6-4-19(5-7-20)25-17-30-12-13-31-25)34-27-24(28(35)37)16-32-36(27)23-3-1-2-18(14-23)15-33-40(38)39/h1-14,16-17,33H,15H2,(H,38,39)/p-1. The van der Waals surface area contributed by atoms with Gasteiger partial charge in [0, 0.05) is 46.4 Å². The van der Waals surface area contributed by atoms with Crippen molar-refractivity contribution in [3.8, 4) is 34.0 Å². The van der Waals surface area contributed by atoms with Crippen molar-refractivity contribution in [2.24, 2.45) is 0 Å². The van der Waals surface area contributed by atoms with E-state index in [0.717, 1.165) is 16.8 Å². The van der Waals surface area contributed by atoms with Gasteiger partial charge in [0.25, 0.3) is 5.56 Å². The highest BCUT2D eigenvalue weighted by Crippen LogP contribution is 2.26. The summed E-state index contributed by atoms with van der Waals surface area (Å²) < 4.78 is 27.4. The molecule has 3 aromatic carbocycles. The Bertz CT molecular complexity index is 1910. The van der Waals surface area contributed by atoms with E-state index in [0.29, 0.717) is 38.8 Å². The average Bonchev–Trinajstić information content (AvgIpc) is 3.42. The molecule has 0 fully saturated rings. The Morgan fingerprint density at radius 2 is 1.70 bits per heavy atom. The van der Waals surface area contributed by atoms with Crippen molar-refractivity contribution < 1.29 is 8.76 Å². The van der Waals surface area contributed by atoms with Crippen LogP contribution in [0, 0.1) is 0 Å². The lowest BCUT2D eigenvalue weighted by Gasteiger charge is -2.14. The summed E-state index contributed by atoms with van der Waals surface area (Å²) in [7, 11) is 0. The van der Waals surface area contributed by atoms with Gasteiger partial charge in [-0.15, -0.1) is 0 Å². The van der Waals surface area contributed by atoms with E-state index in [1.54, 1.807) is 65.7 Å². The molecule has 6 aromatic rings. The molecule has 6 rings (SSSR count). The quantitative estimate of drug-likeness (QED) is 0.285.